The van der Waals surface area contributed by atoms with E-state index in [9.17, 15) is 5.11 Å². The van der Waals surface area contributed by atoms with E-state index in [0.29, 0.717) is 0 Å². The summed E-state index contributed by atoms with van der Waals surface area (Å²) in [6.07, 6.45) is 0. The van der Waals surface area contributed by atoms with Crippen LogP contribution in [0.3, 0.4) is 0 Å². The summed E-state index contributed by atoms with van der Waals surface area (Å²) in [6.45, 7) is 0. The van der Waals surface area contributed by atoms with Crippen molar-refractivity contribution >= 4 is 104 Å². The van der Waals surface area contributed by atoms with E-state index in [2.05, 4.69) is 0 Å². The normalized spacial score (nSPS) is 13.7. The molecule has 0 aliphatic heterocycles. The standard InChI is InChI=1S/C9H3Cl9O/c10-7(11,12)3-1-4(8(13,14)15)6(19)5(2-3)9(16,17)18/h1-2,19H. The molecular formula is C9H3Cl9O. The number of aromatic hydroxyl groups is 1. The second kappa shape index (κ2) is 6.02. The Morgan fingerprint density at radius 1 is 0.632 bits per heavy atom. The highest BCUT2D eigenvalue weighted by atomic mass is 35.6. The lowest BCUT2D eigenvalue weighted by Gasteiger charge is -2.23. The molecule has 19 heavy (non-hydrogen) atoms. The minimum atomic E-state index is -1.99. The summed E-state index contributed by atoms with van der Waals surface area (Å²) in [5, 5.41) is 10.0. The molecule has 0 fully saturated rings. The van der Waals surface area contributed by atoms with Crippen LogP contribution in [0.15, 0.2) is 12.1 Å². The van der Waals surface area contributed by atoms with Crippen LogP contribution in [0.4, 0.5) is 0 Å². The summed E-state index contributed by atoms with van der Waals surface area (Å²) >= 11 is 51.6. The average Bonchev–Trinajstić information content (AvgIpc) is 2.11. The van der Waals surface area contributed by atoms with Crippen LogP contribution in [0.25, 0.3) is 0 Å². The van der Waals surface area contributed by atoms with Crippen LogP contribution in [-0.2, 0) is 11.4 Å². The fraction of sp³-hybridized carbons (Fsp3) is 0.333. The number of benzene rings is 1. The predicted octanol–water partition coefficient (Wildman–Crippen LogP) is 6.87. The van der Waals surface area contributed by atoms with Gasteiger partial charge in [0.05, 0.1) is 0 Å². The van der Waals surface area contributed by atoms with Gasteiger partial charge in [0.25, 0.3) is 0 Å². The number of hydrogen-bond acceptors (Lipinski definition) is 1. The van der Waals surface area contributed by atoms with Gasteiger partial charge in [0.15, 0.2) is 0 Å². The molecule has 108 valence electrons. The van der Waals surface area contributed by atoms with E-state index in [1.165, 1.54) is 12.1 Å². The highest BCUT2D eigenvalue weighted by molar-refractivity contribution is 6.69. The van der Waals surface area contributed by atoms with E-state index >= 15 is 0 Å². The molecule has 1 aromatic carbocycles. The molecule has 0 amide bonds. The zero-order valence-electron chi connectivity index (χ0n) is 8.50. The SMILES string of the molecule is Oc1c(C(Cl)(Cl)Cl)cc(C(Cl)(Cl)Cl)cc1C(Cl)(Cl)Cl. The van der Waals surface area contributed by atoms with Crippen molar-refractivity contribution in [1.29, 1.82) is 0 Å². The summed E-state index contributed by atoms with van der Waals surface area (Å²) in [7, 11) is 0. The molecule has 0 heterocycles. The topological polar surface area (TPSA) is 20.2 Å². The van der Waals surface area contributed by atoms with Gasteiger partial charge in [0, 0.05) is 16.7 Å². The summed E-state index contributed by atoms with van der Waals surface area (Å²) < 4.78 is -5.82. The van der Waals surface area contributed by atoms with Crippen molar-refractivity contribution in [3.63, 3.8) is 0 Å². The summed E-state index contributed by atoms with van der Waals surface area (Å²) in [5.74, 6) is -0.502. The summed E-state index contributed by atoms with van der Waals surface area (Å²) in [6, 6.07) is 2.41. The van der Waals surface area contributed by atoms with Crippen molar-refractivity contribution in [3.05, 3.63) is 28.8 Å². The fourth-order valence-corrected chi connectivity index (χ4v) is 2.42. The number of hydrogen-bond donors (Lipinski definition) is 1. The van der Waals surface area contributed by atoms with Gasteiger partial charge in [-0.3, -0.25) is 0 Å². The monoisotopic (exact) mass is 442 g/mol. The Hall–Kier alpha value is 1.63. The van der Waals surface area contributed by atoms with Crippen LogP contribution < -0.4 is 0 Å². The van der Waals surface area contributed by atoms with Gasteiger partial charge in [0.2, 0.25) is 11.4 Å². The number of rotatable bonds is 0. The molecule has 1 aromatic rings. The number of halogens is 9. The van der Waals surface area contributed by atoms with Crippen LogP contribution in [0.5, 0.6) is 5.75 Å². The third-order valence-electron chi connectivity index (χ3n) is 2.05. The quantitative estimate of drug-likeness (QED) is 0.431. The van der Waals surface area contributed by atoms with Gasteiger partial charge in [-0.05, 0) is 12.1 Å². The average molecular weight is 446 g/mol. The predicted molar refractivity (Wildman–Crippen MR) is 85.8 cm³/mol. The molecule has 1 N–H and O–H groups in total. The van der Waals surface area contributed by atoms with E-state index in [1.54, 1.807) is 0 Å². The van der Waals surface area contributed by atoms with Crippen molar-refractivity contribution in [1.82, 2.24) is 0 Å². The first-order chi connectivity index (χ1) is 8.24. The Morgan fingerprint density at radius 3 is 1.16 bits per heavy atom. The Bertz CT molecular complexity index is 445. The molecule has 0 saturated heterocycles. The second-order valence-electron chi connectivity index (χ2n) is 3.41. The molecule has 0 atom stereocenters. The molecule has 0 aliphatic carbocycles. The molecule has 0 bridgehead atoms. The van der Waals surface area contributed by atoms with E-state index in [0.717, 1.165) is 0 Å². The van der Waals surface area contributed by atoms with E-state index in [1.807, 2.05) is 0 Å². The van der Waals surface area contributed by atoms with Crippen LogP contribution in [-0.4, -0.2) is 5.11 Å². The molecule has 1 nitrogen and oxygen atoms in total. The Morgan fingerprint density at radius 2 is 0.947 bits per heavy atom. The Kier molecular flexibility index (Phi) is 5.92. The first kappa shape index (κ1) is 18.7. The van der Waals surface area contributed by atoms with Gasteiger partial charge >= 0.3 is 0 Å². The molecule has 0 radical (unpaired) electrons. The maximum absolute atomic E-state index is 10.0. The molecule has 0 unspecified atom stereocenters. The first-order valence-electron chi connectivity index (χ1n) is 4.33. The zero-order valence-corrected chi connectivity index (χ0v) is 15.3. The second-order valence-corrected chi connectivity index (χ2v) is 10.3. The maximum Gasteiger partial charge on any atom is 0.219 e. The Labute approximate surface area is 154 Å². The molecule has 0 saturated carbocycles. The van der Waals surface area contributed by atoms with Gasteiger partial charge in [-0.1, -0.05) is 104 Å². The number of phenolic OH excluding ortho intramolecular Hbond substituents is 1. The minimum absolute atomic E-state index is 0.0814. The lowest BCUT2D eigenvalue weighted by Crippen LogP contribution is -2.12. The van der Waals surface area contributed by atoms with Gasteiger partial charge in [-0.25, -0.2) is 0 Å². The van der Waals surface area contributed by atoms with Crippen molar-refractivity contribution in [3.8, 4) is 5.75 Å². The van der Waals surface area contributed by atoms with Crippen molar-refractivity contribution in [2.75, 3.05) is 0 Å². The lowest BCUT2D eigenvalue weighted by atomic mass is 10.1. The van der Waals surface area contributed by atoms with Crippen molar-refractivity contribution < 1.29 is 5.11 Å². The van der Waals surface area contributed by atoms with Crippen LogP contribution in [0.2, 0.25) is 0 Å². The van der Waals surface area contributed by atoms with Crippen LogP contribution in [0, 0.1) is 0 Å². The van der Waals surface area contributed by atoms with Gasteiger partial charge in [-0.2, -0.15) is 0 Å². The third-order valence-corrected chi connectivity index (χ3v) is 3.92. The van der Waals surface area contributed by atoms with Crippen molar-refractivity contribution in [2.24, 2.45) is 0 Å². The van der Waals surface area contributed by atoms with E-state index in [-0.39, 0.29) is 16.7 Å². The van der Waals surface area contributed by atoms with Crippen molar-refractivity contribution in [2.45, 2.75) is 11.4 Å². The number of phenols is 1. The zero-order chi connectivity index (χ0) is 15.2. The van der Waals surface area contributed by atoms with Gasteiger partial charge in [0.1, 0.15) is 5.75 Å². The van der Waals surface area contributed by atoms with Gasteiger partial charge in [-0.15, -0.1) is 0 Å². The lowest BCUT2D eigenvalue weighted by molar-refractivity contribution is 0.462. The smallest absolute Gasteiger partial charge is 0.219 e. The summed E-state index contributed by atoms with van der Waals surface area (Å²) in [5.41, 5.74) is -0.247. The Balaban J connectivity index is 3.68. The highest BCUT2D eigenvalue weighted by Crippen LogP contribution is 2.52. The highest BCUT2D eigenvalue weighted by Gasteiger charge is 2.37. The fourth-order valence-electron chi connectivity index (χ4n) is 1.23. The van der Waals surface area contributed by atoms with E-state index < -0.39 is 17.1 Å². The molecule has 0 spiro atoms. The molecule has 0 aromatic heterocycles. The first-order valence-corrected chi connectivity index (χ1v) is 7.73. The molecule has 1 rings (SSSR count). The summed E-state index contributed by atoms with van der Waals surface area (Å²) in [4.78, 5) is 0. The molecular weight excluding hydrogens is 443 g/mol. The minimum Gasteiger partial charge on any atom is -0.507 e. The third kappa shape index (κ3) is 4.81. The maximum atomic E-state index is 10.0. The van der Waals surface area contributed by atoms with Crippen LogP contribution in [0.1, 0.15) is 16.7 Å². The van der Waals surface area contributed by atoms with Gasteiger partial charge < -0.3 is 5.11 Å². The number of alkyl halides is 9. The largest absolute Gasteiger partial charge is 0.507 e. The van der Waals surface area contributed by atoms with Crippen LogP contribution >= 0.6 is 104 Å². The van der Waals surface area contributed by atoms with E-state index in [4.69, 9.17) is 104 Å². The molecule has 0 aliphatic rings. The molecule has 10 heteroatoms.